The first-order valence-electron chi connectivity index (χ1n) is 9.78. The molecule has 0 aliphatic heterocycles. The number of ether oxygens (including phenoxy) is 2. The second-order valence-corrected chi connectivity index (χ2v) is 6.70. The van der Waals surface area contributed by atoms with Gasteiger partial charge in [-0.3, -0.25) is 9.98 Å². The highest BCUT2D eigenvalue weighted by molar-refractivity contribution is 5.82. The molecule has 1 aromatic heterocycles. The molecule has 0 aliphatic carbocycles. The number of hydrogen-bond donors (Lipinski definition) is 2. The molecule has 6 nitrogen and oxygen atoms in total. The number of nitrogens with zero attached hydrogens (tertiary/aromatic N) is 2. The maximum atomic E-state index is 5.97. The van der Waals surface area contributed by atoms with Gasteiger partial charge in [0.1, 0.15) is 6.10 Å². The SMILES string of the molecule is CN=C(NCCc1cccc2cccnc12)NCC(C)Oc1ccccc1OC. The number of aromatic nitrogens is 1. The maximum Gasteiger partial charge on any atom is 0.191 e. The molecule has 1 heterocycles. The molecular weight excluding hydrogens is 364 g/mol. The van der Waals surface area contributed by atoms with Crippen LogP contribution in [-0.2, 0) is 6.42 Å². The Morgan fingerprint density at radius 1 is 1.03 bits per heavy atom. The zero-order chi connectivity index (χ0) is 20.5. The number of para-hydroxylation sites is 3. The minimum Gasteiger partial charge on any atom is -0.493 e. The second-order valence-electron chi connectivity index (χ2n) is 6.70. The van der Waals surface area contributed by atoms with Crippen molar-refractivity contribution >= 4 is 16.9 Å². The smallest absolute Gasteiger partial charge is 0.191 e. The molecule has 0 aliphatic rings. The van der Waals surface area contributed by atoms with Crippen LogP contribution in [-0.4, -0.2) is 44.3 Å². The molecule has 2 aromatic carbocycles. The minimum absolute atomic E-state index is 0.0490. The van der Waals surface area contributed by atoms with E-state index < -0.39 is 0 Å². The van der Waals surface area contributed by atoms with E-state index in [0.717, 1.165) is 41.3 Å². The molecule has 0 saturated heterocycles. The molecule has 6 heteroatoms. The first-order valence-corrected chi connectivity index (χ1v) is 9.78. The lowest BCUT2D eigenvalue weighted by Gasteiger charge is -2.19. The molecule has 3 aromatic rings. The molecule has 152 valence electrons. The summed E-state index contributed by atoms with van der Waals surface area (Å²) < 4.78 is 11.3. The summed E-state index contributed by atoms with van der Waals surface area (Å²) in [7, 11) is 3.41. The number of guanidine groups is 1. The van der Waals surface area contributed by atoms with Crippen LogP contribution in [0.1, 0.15) is 12.5 Å². The fraction of sp³-hybridized carbons (Fsp3) is 0.304. The Balaban J connectivity index is 1.48. The van der Waals surface area contributed by atoms with Crippen LogP contribution in [0.2, 0.25) is 0 Å². The van der Waals surface area contributed by atoms with Crippen molar-refractivity contribution in [3.8, 4) is 11.5 Å². The lowest BCUT2D eigenvalue weighted by atomic mass is 10.1. The lowest BCUT2D eigenvalue weighted by Crippen LogP contribution is -2.42. The number of pyridine rings is 1. The highest BCUT2D eigenvalue weighted by Crippen LogP contribution is 2.26. The molecule has 0 radical (unpaired) electrons. The van der Waals surface area contributed by atoms with Crippen molar-refractivity contribution in [3.63, 3.8) is 0 Å². The molecule has 1 atom stereocenters. The monoisotopic (exact) mass is 392 g/mol. The Bertz CT molecular complexity index is 953. The summed E-state index contributed by atoms with van der Waals surface area (Å²) in [5, 5.41) is 7.82. The van der Waals surface area contributed by atoms with E-state index in [1.54, 1.807) is 14.2 Å². The highest BCUT2D eigenvalue weighted by Gasteiger charge is 2.09. The number of fused-ring (bicyclic) bond motifs is 1. The second kappa shape index (κ2) is 10.3. The summed E-state index contributed by atoms with van der Waals surface area (Å²) in [6.45, 7) is 3.39. The first kappa shape index (κ1) is 20.5. The summed E-state index contributed by atoms with van der Waals surface area (Å²) in [4.78, 5) is 8.81. The van der Waals surface area contributed by atoms with E-state index in [1.165, 1.54) is 5.56 Å². The van der Waals surface area contributed by atoms with Crippen LogP contribution in [0.15, 0.2) is 65.8 Å². The number of benzene rings is 2. The van der Waals surface area contributed by atoms with Crippen LogP contribution in [0.25, 0.3) is 10.9 Å². The molecule has 1 unspecified atom stereocenters. The predicted octanol–water partition coefficient (Wildman–Crippen LogP) is 3.42. The van der Waals surface area contributed by atoms with Crippen LogP contribution in [0, 0.1) is 0 Å². The molecule has 0 saturated carbocycles. The fourth-order valence-corrected chi connectivity index (χ4v) is 3.12. The fourth-order valence-electron chi connectivity index (χ4n) is 3.12. The van der Waals surface area contributed by atoms with Crippen molar-refractivity contribution in [1.29, 1.82) is 0 Å². The first-order chi connectivity index (χ1) is 14.2. The van der Waals surface area contributed by atoms with Gasteiger partial charge in [0.2, 0.25) is 0 Å². The molecule has 0 fully saturated rings. The van der Waals surface area contributed by atoms with E-state index in [4.69, 9.17) is 9.47 Å². The summed E-state index contributed by atoms with van der Waals surface area (Å²) >= 11 is 0. The third kappa shape index (κ3) is 5.60. The Morgan fingerprint density at radius 2 is 1.83 bits per heavy atom. The van der Waals surface area contributed by atoms with Gasteiger partial charge in [-0.15, -0.1) is 0 Å². The minimum atomic E-state index is -0.0490. The van der Waals surface area contributed by atoms with E-state index in [2.05, 4.69) is 44.9 Å². The van der Waals surface area contributed by atoms with Gasteiger partial charge in [0.05, 0.1) is 19.2 Å². The van der Waals surface area contributed by atoms with Crippen LogP contribution in [0.5, 0.6) is 11.5 Å². The largest absolute Gasteiger partial charge is 0.493 e. The van der Waals surface area contributed by atoms with Crippen LogP contribution in [0.4, 0.5) is 0 Å². The van der Waals surface area contributed by atoms with Gasteiger partial charge in [-0.05, 0) is 37.1 Å². The summed E-state index contributed by atoms with van der Waals surface area (Å²) in [6, 6.07) is 18.0. The van der Waals surface area contributed by atoms with Gasteiger partial charge in [0.25, 0.3) is 0 Å². The van der Waals surface area contributed by atoms with E-state index in [-0.39, 0.29) is 6.10 Å². The van der Waals surface area contributed by atoms with Gasteiger partial charge in [0.15, 0.2) is 17.5 Å². The van der Waals surface area contributed by atoms with Crippen molar-refractivity contribution < 1.29 is 9.47 Å². The Morgan fingerprint density at radius 3 is 2.62 bits per heavy atom. The van der Waals surface area contributed by atoms with E-state index in [9.17, 15) is 0 Å². The molecule has 29 heavy (non-hydrogen) atoms. The van der Waals surface area contributed by atoms with E-state index >= 15 is 0 Å². The number of hydrogen-bond acceptors (Lipinski definition) is 4. The standard InChI is InChI=1S/C23H28N4O2/c1-17(29-21-12-5-4-11-20(21)28-3)16-27-23(24-2)26-15-13-19-9-6-8-18-10-7-14-25-22(18)19/h4-12,14,17H,13,15-16H2,1-3H3,(H2,24,26,27). The van der Waals surface area contributed by atoms with Gasteiger partial charge < -0.3 is 20.1 Å². The predicted molar refractivity (Wildman–Crippen MR) is 118 cm³/mol. The van der Waals surface area contributed by atoms with Crippen molar-refractivity contribution in [2.45, 2.75) is 19.4 Å². The quantitative estimate of drug-likeness (QED) is 0.454. The van der Waals surface area contributed by atoms with Crippen molar-refractivity contribution in [2.75, 3.05) is 27.2 Å². The highest BCUT2D eigenvalue weighted by atomic mass is 16.5. The Hall–Kier alpha value is -3.28. The maximum absolute atomic E-state index is 5.97. The number of rotatable bonds is 8. The third-order valence-electron chi connectivity index (χ3n) is 4.58. The van der Waals surface area contributed by atoms with Crippen LogP contribution in [0.3, 0.4) is 0 Å². The average molecular weight is 393 g/mol. The average Bonchev–Trinajstić information content (AvgIpc) is 2.76. The van der Waals surface area contributed by atoms with Gasteiger partial charge >= 0.3 is 0 Å². The van der Waals surface area contributed by atoms with Crippen molar-refractivity contribution in [2.24, 2.45) is 4.99 Å². The van der Waals surface area contributed by atoms with Gasteiger partial charge in [-0.2, -0.15) is 0 Å². The normalized spacial score (nSPS) is 12.4. The zero-order valence-electron chi connectivity index (χ0n) is 17.2. The Kier molecular flexibility index (Phi) is 7.28. The van der Waals surface area contributed by atoms with Crippen molar-refractivity contribution in [1.82, 2.24) is 15.6 Å². The molecule has 2 N–H and O–H groups in total. The van der Waals surface area contributed by atoms with E-state index in [0.29, 0.717) is 6.54 Å². The van der Waals surface area contributed by atoms with Gasteiger partial charge in [-0.1, -0.05) is 36.4 Å². The van der Waals surface area contributed by atoms with Crippen molar-refractivity contribution in [3.05, 3.63) is 66.4 Å². The zero-order valence-corrected chi connectivity index (χ0v) is 17.2. The molecule has 3 rings (SSSR count). The summed E-state index contributed by atoms with van der Waals surface area (Å²) in [5.74, 6) is 2.20. The molecule has 0 amide bonds. The van der Waals surface area contributed by atoms with Gasteiger partial charge in [-0.25, -0.2) is 0 Å². The number of aliphatic imine (C=N–C) groups is 1. The molecular formula is C23H28N4O2. The van der Waals surface area contributed by atoms with Crippen LogP contribution >= 0.6 is 0 Å². The van der Waals surface area contributed by atoms with Gasteiger partial charge in [0, 0.05) is 25.2 Å². The molecule has 0 spiro atoms. The number of nitrogens with one attached hydrogen (secondary N) is 2. The third-order valence-corrected chi connectivity index (χ3v) is 4.58. The number of methoxy groups -OCH3 is 1. The summed E-state index contributed by atoms with van der Waals surface area (Å²) in [6.07, 6.45) is 2.65. The summed E-state index contributed by atoms with van der Waals surface area (Å²) in [5.41, 5.74) is 2.28. The topological polar surface area (TPSA) is 67.8 Å². The van der Waals surface area contributed by atoms with E-state index in [1.807, 2.05) is 43.5 Å². The Labute approximate surface area is 172 Å². The molecule has 0 bridgehead atoms. The van der Waals surface area contributed by atoms with Crippen LogP contribution < -0.4 is 20.1 Å². The lowest BCUT2D eigenvalue weighted by molar-refractivity contribution is 0.213.